The second-order valence-electron chi connectivity index (χ2n) is 5.83. The molecule has 0 aromatic rings. The molecule has 1 saturated heterocycles. The molecule has 100 valence electrons. The van der Waals surface area contributed by atoms with Crippen LogP contribution in [0.5, 0.6) is 0 Å². The van der Waals surface area contributed by atoms with E-state index >= 15 is 0 Å². The SMILES string of the molecule is CCC1CC2C(=O)N(C(C)(C)C(=O)O)C(=O)C2C1. The number of carbonyl (C=O) groups is 3. The quantitative estimate of drug-likeness (QED) is 0.769. The minimum Gasteiger partial charge on any atom is -0.480 e. The molecule has 0 aromatic heterocycles. The third-order valence-electron chi connectivity index (χ3n) is 4.40. The van der Waals surface area contributed by atoms with Crippen LogP contribution in [-0.2, 0) is 14.4 Å². The molecule has 2 atom stereocenters. The summed E-state index contributed by atoms with van der Waals surface area (Å²) in [5.74, 6) is -1.90. The van der Waals surface area contributed by atoms with Crippen LogP contribution >= 0.6 is 0 Å². The van der Waals surface area contributed by atoms with Gasteiger partial charge in [-0.1, -0.05) is 13.3 Å². The number of aliphatic carboxylic acids is 1. The number of imide groups is 1. The van der Waals surface area contributed by atoms with Crippen molar-refractivity contribution in [2.45, 2.75) is 45.6 Å². The Morgan fingerprint density at radius 3 is 2.06 bits per heavy atom. The molecule has 1 heterocycles. The standard InChI is InChI=1S/C13H19NO4/c1-4-7-5-8-9(6-7)11(16)14(10(8)15)13(2,3)12(17)18/h7-9H,4-6H2,1-3H3,(H,17,18). The second kappa shape index (κ2) is 4.07. The van der Waals surface area contributed by atoms with Gasteiger partial charge >= 0.3 is 5.97 Å². The topological polar surface area (TPSA) is 74.7 Å². The number of carbonyl (C=O) groups excluding carboxylic acids is 2. The molecule has 1 aliphatic carbocycles. The lowest BCUT2D eigenvalue weighted by Gasteiger charge is -2.30. The first-order valence-corrected chi connectivity index (χ1v) is 6.42. The summed E-state index contributed by atoms with van der Waals surface area (Å²) in [6.07, 6.45) is 2.41. The predicted molar refractivity (Wildman–Crippen MR) is 63.6 cm³/mol. The fraction of sp³-hybridized carbons (Fsp3) is 0.769. The van der Waals surface area contributed by atoms with E-state index in [0.29, 0.717) is 5.92 Å². The second-order valence-corrected chi connectivity index (χ2v) is 5.83. The van der Waals surface area contributed by atoms with Crippen molar-refractivity contribution in [2.75, 3.05) is 0 Å². The predicted octanol–water partition coefficient (Wildman–Crippen LogP) is 1.27. The molecule has 2 fully saturated rings. The molecule has 2 unspecified atom stereocenters. The largest absolute Gasteiger partial charge is 0.480 e. The Morgan fingerprint density at radius 2 is 1.72 bits per heavy atom. The average Bonchev–Trinajstić information content (AvgIpc) is 2.80. The Labute approximate surface area is 106 Å². The van der Waals surface area contributed by atoms with Crippen molar-refractivity contribution in [1.29, 1.82) is 0 Å². The molecule has 1 N–H and O–H groups in total. The number of carboxylic acid groups (broad SMARTS) is 1. The van der Waals surface area contributed by atoms with Gasteiger partial charge in [-0.2, -0.15) is 0 Å². The molecule has 5 heteroatoms. The molecule has 2 aliphatic rings. The number of likely N-dealkylation sites (tertiary alicyclic amines) is 1. The molecule has 18 heavy (non-hydrogen) atoms. The first-order valence-electron chi connectivity index (χ1n) is 6.42. The smallest absolute Gasteiger partial charge is 0.329 e. The van der Waals surface area contributed by atoms with E-state index in [1.807, 2.05) is 0 Å². The Kier molecular flexibility index (Phi) is 2.95. The van der Waals surface area contributed by atoms with Gasteiger partial charge in [-0.25, -0.2) is 4.79 Å². The Hall–Kier alpha value is -1.39. The fourth-order valence-corrected chi connectivity index (χ4v) is 3.11. The number of fused-ring (bicyclic) bond motifs is 1. The van der Waals surface area contributed by atoms with Gasteiger partial charge in [0.05, 0.1) is 11.8 Å². The van der Waals surface area contributed by atoms with E-state index in [4.69, 9.17) is 5.11 Å². The number of rotatable bonds is 3. The molecule has 2 amide bonds. The zero-order valence-corrected chi connectivity index (χ0v) is 11.0. The van der Waals surface area contributed by atoms with Crippen LogP contribution < -0.4 is 0 Å². The van der Waals surface area contributed by atoms with Crippen LogP contribution in [0.25, 0.3) is 0 Å². The third-order valence-corrected chi connectivity index (χ3v) is 4.40. The van der Waals surface area contributed by atoms with Crippen molar-refractivity contribution in [3.8, 4) is 0 Å². The molecule has 2 rings (SSSR count). The van der Waals surface area contributed by atoms with Gasteiger partial charge in [0.2, 0.25) is 11.8 Å². The van der Waals surface area contributed by atoms with Crippen LogP contribution in [0.4, 0.5) is 0 Å². The van der Waals surface area contributed by atoms with Crippen LogP contribution in [0, 0.1) is 17.8 Å². The molecular formula is C13H19NO4. The van der Waals surface area contributed by atoms with Gasteiger partial charge in [0.15, 0.2) is 0 Å². The van der Waals surface area contributed by atoms with E-state index in [9.17, 15) is 14.4 Å². The van der Waals surface area contributed by atoms with Gasteiger partial charge in [-0.05, 0) is 32.6 Å². The van der Waals surface area contributed by atoms with Crippen LogP contribution in [-0.4, -0.2) is 33.3 Å². The lowest BCUT2D eigenvalue weighted by molar-refractivity contribution is -0.161. The van der Waals surface area contributed by atoms with Gasteiger partial charge < -0.3 is 5.11 Å². The number of nitrogens with zero attached hydrogens (tertiary/aromatic N) is 1. The normalized spacial score (nSPS) is 31.9. The Balaban J connectivity index is 2.27. The van der Waals surface area contributed by atoms with Crippen molar-refractivity contribution in [2.24, 2.45) is 17.8 Å². The van der Waals surface area contributed by atoms with Gasteiger partial charge in [-0.3, -0.25) is 14.5 Å². The maximum absolute atomic E-state index is 12.3. The highest BCUT2D eigenvalue weighted by atomic mass is 16.4. The van der Waals surface area contributed by atoms with E-state index in [0.717, 1.165) is 24.2 Å². The summed E-state index contributed by atoms with van der Waals surface area (Å²) in [7, 11) is 0. The summed E-state index contributed by atoms with van der Waals surface area (Å²) >= 11 is 0. The van der Waals surface area contributed by atoms with E-state index in [2.05, 4.69) is 6.92 Å². The van der Waals surface area contributed by atoms with Crippen LogP contribution in [0.3, 0.4) is 0 Å². The number of hydrogen-bond acceptors (Lipinski definition) is 3. The molecule has 1 saturated carbocycles. The average molecular weight is 253 g/mol. The van der Waals surface area contributed by atoms with Gasteiger partial charge in [0.25, 0.3) is 0 Å². The lowest BCUT2D eigenvalue weighted by Crippen LogP contribution is -2.53. The van der Waals surface area contributed by atoms with Crippen molar-refractivity contribution in [3.05, 3.63) is 0 Å². The first-order chi connectivity index (χ1) is 8.30. The van der Waals surface area contributed by atoms with Crippen LogP contribution in [0.1, 0.15) is 40.0 Å². The summed E-state index contributed by atoms with van der Waals surface area (Å²) in [6, 6.07) is 0. The van der Waals surface area contributed by atoms with E-state index in [-0.39, 0.29) is 23.7 Å². The molecule has 0 radical (unpaired) electrons. The summed E-state index contributed by atoms with van der Waals surface area (Å²) in [5.41, 5.74) is -1.44. The molecule has 0 bridgehead atoms. The van der Waals surface area contributed by atoms with Gasteiger partial charge in [-0.15, -0.1) is 0 Å². The highest BCUT2D eigenvalue weighted by Crippen LogP contribution is 2.46. The van der Waals surface area contributed by atoms with Gasteiger partial charge in [0.1, 0.15) is 5.54 Å². The molecule has 5 nitrogen and oxygen atoms in total. The van der Waals surface area contributed by atoms with E-state index < -0.39 is 11.5 Å². The summed E-state index contributed by atoms with van der Waals surface area (Å²) < 4.78 is 0. The number of carboxylic acids is 1. The van der Waals surface area contributed by atoms with E-state index in [1.54, 1.807) is 0 Å². The summed E-state index contributed by atoms with van der Waals surface area (Å²) in [4.78, 5) is 36.7. The first kappa shape index (κ1) is 13.1. The maximum Gasteiger partial charge on any atom is 0.329 e. The van der Waals surface area contributed by atoms with Crippen molar-refractivity contribution in [1.82, 2.24) is 4.90 Å². The molecular weight excluding hydrogens is 234 g/mol. The number of hydrogen-bond donors (Lipinski definition) is 1. The third kappa shape index (κ3) is 1.64. The van der Waals surface area contributed by atoms with Crippen LogP contribution in [0.15, 0.2) is 0 Å². The molecule has 0 aromatic carbocycles. The van der Waals surface area contributed by atoms with Crippen LogP contribution in [0.2, 0.25) is 0 Å². The number of amides is 2. The van der Waals surface area contributed by atoms with Crippen molar-refractivity contribution < 1.29 is 19.5 Å². The highest BCUT2D eigenvalue weighted by molar-refractivity contribution is 6.08. The minimum atomic E-state index is -1.44. The summed E-state index contributed by atoms with van der Waals surface area (Å²) in [5, 5.41) is 9.15. The Bertz CT molecular complexity index is 391. The Morgan fingerprint density at radius 1 is 1.28 bits per heavy atom. The zero-order chi connectivity index (χ0) is 13.7. The highest BCUT2D eigenvalue weighted by Gasteiger charge is 2.57. The minimum absolute atomic E-state index is 0.291. The fourth-order valence-electron chi connectivity index (χ4n) is 3.11. The summed E-state index contributed by atoms with van der Waals surface area (Å²) in [6.45, 7) is 4.87. The van der Waals surface area contributed by atoms with E-state index in [1.165, 1.54) is 13.8 Å². The van der Waals surface area contributed by atoms with Crippen molar-refractivity contribution in [3.63, 3.8) is 0 Å². The van der Waals surface area contributed by atoms with Crippen molar-refractivity contribution >= 4 is 17.8 Å². The van der Waals surface area contributed by atoms with Gasteiger partial charge in [0, 0.05) is 0 Å². The molecule has 0 spiro atoms. The lowest BCUT2D eigenvalue weighted by atomic mass is 10.00. The zero-order valence-electron chi connectivity index (χ0n) is 11.0. The maximum atomic E-state index is 12.3. The molecule has 1 aliphatic heterocycles. The monoisotopic (exact) mass is 253 g/mol.